The minimum atomic E-state index is -0.385. The van der Waals surface area contributed by atoms with Crippen LogP contribution in [-0.4, -0.2) is 25.5 Å². The standard InChI is InChI=1S/C13H18N2O3/c1-9-8-10(14)5-6-11(9)13(17)18-7-3-4-12(16)15-2/h5-6,8H,3-4,7,14H2,1-2H3,(H,15,16). The zero-order chi connectivity index (χ0) is 13.5. The van der Waals surface area contributed by atoms with Crippen LogP contribution < -0.4 is 11.1 Å². The Labute approximate surface area is 106 Å². The summed E-state index contributed by atoms with van der Waals surface area (Å²) >= 11 is 0. The molecule has 0 heterocycles. The summed E-state index contributed by atoms with van der Waals surface area (Å²) in [6.45, 7) is 2.04. The van der Waals surface area contributed by atoms with Crippen molar-refractivity contribution in [2.75, 3.05) is 19.4 Å². The lowest BCUT2D eigenvalue weighted by Gasteiger charge is -2.07. The molecule has 1 aromatic rings. The molecule has 3 N–H and O–H groups in total. The van der Waals surface area contributed by atoms with E-state index in [1.807, 2.05) is 0 Å². The fourth-order valence-electron chi connectivity index (χ4n) is 1.52. The van der Waals surface area contributed by atoms with Gasteiger partial charge in [-0.15, -0.1) is 0 Å². The first-order valence-electron chi connectivity index (χ1n) is 5.78. The number of rotatable bonds is 5. The number of esters is 1. The molecule has 0 unspecified atom stereocenters. The molecule has 0 spiro atoms. The van der Waals surface area contributed by atoms with E-state index in [0.29, 0.717) is 24.1 Å². The van der Waals surface area contributed by atoms with E-state index in [0.717, 1.165) is 5.56 Å². The first-order valence-corrected chi connectivity index (χ1v) is 5.78. The molecule has 0 saturated carbocycles. The highest BCUT2D eigenvalue weighted by Crippen LogP contribution is 2.13. The molecule has 0 bridgehead atoms. The van der Waals surface area contributed by atoms with Crippen molar-refractivity contribution in [1.82, 2.24) is 5.32 Å². The van der Waals surface area contributed by atoms with Crippen LogP contribution in [0.3, 0.4) is 0 Å². The molecular formula is C13H18N2O3. The van der Waals surface area contributed by atoms with Crippen LogP contribution in [0, 0.1) is 6.92 Å². The molecule has 0 radical (unpaired) electrons. The zero-order valence-corrected chi connectivity index (χ0v) is 10.7. The first-order chi connectivity index (χ1) is 8.54. The first kappa shape index (κ1) is 14.0. The van der Waals surface area contributed by atoms with Crippen molar-refractivity contribution in [1.29, 1.82) is 0 Å². The number of ether oxygens (including phenoxy) is 1. The summed E-state index contributed by atoms with van der Waals surface area (Å²) in [4.78, 5) is 22.7. The smallest absolute Gasteiger partial charge is 0.338 e. The molecular weight excluding hydrogens is 232 g/mol. The van der Waals surface area contributed by atoms with E-state index < -0.39 is 0 Å². The van der Waals surface area contributed by atoms with E-state index in [1.54, 1.807) is 32.2 Å². The zero-order valence-electron chi connectivity index (χ0n) is 10.7. The number of benzene rings is 1. The number of amides is 1. The van der Waals surface area contributed by atoms with Crippen LogP contribution in [0.25, 0.3) is 0 Å². The number of aryl methyl sites for hydroxylation is 1. The maximum atomic E-state index is 11.7. The Bertz CT molecular complexity index is 444. The second kappa shape index (κ2) is 6.64. The highest BCUT2D eigenvalue weighted by Gasteiger charge is 2.10. The second-order valence-corrected chi connectivity index (χ2v) is 3.99. The maximum absolute atomic E-state index is 11.7. The number of carbonyl (C=O) groups excluding carboxylic acids is 2. The fraction of sp³-hybridized carbons (Fsp3) is 0.385. The topological polar surface area (TPSA) is 81.4 Å². The van der Waals surface area contributed by atoms with Gasteiger partial charge in [-0.2, -0.15) is 0 Å². The molecule has 0 atom stereocenters. The fourth-order valence-corrected chi connectivity index (χ4v) is 1.52. The van der Waals surface area contributed by atoms with Crippen LogP contribution in [0.2, 0.25) is 0 Å². The molecule has 0 aliphatic rings. The van der Waals surface area contributed by atoms with Crippen LogP contribution in [0.1, 0.15) is 28.8 Å². The van der Waals surface area contributed by atoms with Crippen molar-refractivity contribution in [3.63, 3.8) is 0 Å². The van der Waals surface area contributed by atoms with Gasteiger partial charge in [-0.1, -0.05) is 0 Å². The molecule has 1 amide bonds. The van der Waals surface area contributed by atoms with E-state index in [9.17, 15) is 9.59 Å². The van der Waals surface area contributed by atoms with Crippen LogP contribution in [0.15, 0.2) is 18.2 Å². The molecule has 5 nitrogen and oxygen atoms in total. The normalized spacial score (nSPS) is 9.89. The minimum Gasteiger partial charge on any atom is -0.462 e. The lowest BCUT2D eigenvalue weighted by Crippen LogP contribution is -2.18. The number of nitrogens with one attached hydrogen (secondary N) is 1. The Morgan fingerprint density at radius 1 is 1.39 bits per heavy atom. The molecule has 1 aromatic carbocycles. The van der Waals surface area contributed by atoms with E-state index in [-0.39, 0.29) is 18.5 Å². The van der Waals surface area contributed by atoms with E-state index in [1.165, 1.54) is 0 Å². The number of nitrogen functional groups attached to an aromatic ring is 1. The van der Waals surface area contributed by atoms with Crippen LogP contribution >= 0.6 is 0 Å². The van der Waals surface area contributed by atoms with Gasteiger partial charge in [0.05, 0.1) is 12.2 Å². The molecule has 98 valence electrons. The minimum absolute atomic E-state index is 0.0604. The largest absolute Gasteiger partial charge is 0.462 e. The van der Waals surface area contributed by atoms with Gasteiger partial charge in [0.25, 0.3) is 0 Å². The Morgan fingerprint density at radius 3 is 2.72 bits per heavy atom. The molecule has 0 aliphatic heterocycles. The van der Waals surface area contributed by atoms with Gasteiger partial charge in [0.1, 0.15) is 0 Å². The predicted octanol–water partition coefficient (Wildman–Crippen LogP) is 1.26. The molecule has 0 saturated heterocycles. The van der Waals surface area contributed by atoms with Gasteiger partial charge in [-0.05, 0) is 37.1 Å². The van der Waals surface area contributed by atoms with Gasteiger partial charge in [-0.3, -0.25) is 4.79 Å². The second-order valence-electron chi connectivity index (χ2n) is 3.99. The number of hydrogen-bond acceptors (Lipinski definition) is 4. The third-order valence-electron chi connectivity index (χ3n) is 2.53. The summed E-state index contributed by atoms with van der Waals surface area (Å²) in [7, 11) is 1.58. The Morgan fingerprint density at radius 2 is 2.11 bits per heavy atom. The molecule has 0 aromatic heterocycles. The Balaban J connectivity index is 2.43. The average molecular weight is 250 g/mol. The van der Waals surface area contributed by atoms with Crippen LogP contribution in [0.4, 0.5) is 5.69 Å². The van der Waals surface area contributed by atoms with Gasteiger partial charge in [0.15, 0.2) is 0 Å². The quantitative estimate of drug-likeness (QED) is 0.468. The van der Waals surface area contributed by atoms with Crippen LogP contribution in [0.5, 0.6) is 0 Å². The number of anilines is 1. The van der Waals surface area contributed by atoms with Gasteiger partial charge in [0, 0.05) is 19.2 Å². The number of hydrogen-bond donors (Lipinski definition) is 2. The number of nitrogens with two attached hydrogens (primary N) is 1. The Kier molecular flexibility index (Phi) is 5.17. The maximum Gasteiger partial charge on any atom is 0.338 e. The van der Waals surface area contributed by atoms with Crippen molar-refractivity contribution < 1.29 is 14.3 Å². The number of carbonyl (C=O) groups is 2. The monoisotopic (exact) mass is 250 g/mol. The van der Waals surface area contributed by atoms with Gasteiger partial charge in [-0.25, -0.2) is 4.79 Å². The van der Waals surface area contributed by atoms with Crippen molar-refractivity contribution in [2.24, 2.45) is 0 Å². The molecule has 5 heteroatoms. The van der Waals surface area contributed by atoms with Crippen molar-refractivity contribution in [3.8, 4) is 0 Å². The van der Waals surface area contributed by atoms with Gasteiger partial charge in [0.2, 0.25) is 5.91 Å². The summed E-state index contributed by atoms with van der Waals surface area (Å²) < 4.78 is 5.08. The third kappa shape index (κ3) is 4.08. The third-order valence-corrected chi connectivity index (χ3v) is 2.53. The van der Waals surface area contributed by atoms with E-state index in [4.69, 9.17) is 10.5 Å². The highest BCUT2D eigenvalue weighted by atomic mass is 16.5. The van der Waals surface area contributed by atoms with Crippen molar-refractivity contribution >= 4 is 17.6 Å². The molecule has 18 heavy (non-hydrogen) atoms. The van der Waals surface area contributed by atoms with Gasteiger partial charge >= 0.3 is 5.97 Å². The summed E-state index contributed by atoms with van der Waals surface area (Å²) in [5.74, 6) is -0.445. The van der Waals surface area contributed by atoms with Gasteiger partial charge < -0.3 is 15.8 Å². The summed E-state index contributed by atoms with van der Waals surface area (Å²) in [6.07, 6.45) is 0.865. The Hall–Kier alpha value is -2.04. The van der Waals surface area contributed by atoms with E-state index >= 15 is 0 Å². The molecule has 0 fully saturated rings. The SMILES string of the molecule is CNC(=O)CCCOC(=O)c1ccc(N)cc1C. The average Bonchev–Trinajstić information content (AvgIpc) is 2.34. The molecule has 1 rings (SSSR count). The lowest BCUT2D eigenvalue weighted by molar-refractivity contribution is -0.120. The lowest BCUT2D eigenvalue weighted by atomic mass is 10.1. The van der Waals surface area contributed by atoms with E-state index in [2.05, 4.69) is 5.32 Å². The summed E-state index contributed by atoms with van der Waals surface area (Å²) in [6, 6.07) is 5.03. The summed E-state index contributed by atoms with van der Waals surface area (Å²) in [5, 5.41) is 2.51. The summed E-state index contributed by atoms with van der Waals surface area (Å²) in [5.41, 5.74) is 7.50. The highest BCUT2D eigenvalue weighted by molar-refractivity contribution is 5.91. The van der Waals surface area contributed by atoms with Crippen LogP contribution in [-0.2, 0) is 9.53 Å². The van der Waals surface area contributed by atoms with Crippen molar-refractivity contribution in [2.45, 2.75) is 19.8 Å². The predicted molar refractivity (Wildman–Crippen MR) is 69.2 cm³/mol. The van der Waals surface area contributed by atoms with Crippen molar-refractivity contribution in [3.05, 3.63) is 29.3 Å². The molecule has 0 aliphatic carbocycles.